The molecule has 0 fully saturated rings. The predicted molar refractivity (Wildman–Crippen MR) is 52.5 cm³/mol. The second kappa shape index (κ2) is 4.56. The third-order valence-electron chi connectivity index (χ3n) is 1.87. The quantitative estimate of drug-likeness (QED) is 0.743. The first kappa shape index (κ1) is 11.2. The largest absolute Gasteiger partial charge is 0.390 e. The molecule has 80 valence electrons. The molecule has 1 heterocycles. The second-order valence-electron chi connectivity index (χ2n) is 3.22. The number of rotatable bonds is 5. The number of sulfone groups is 1. The molecule has 0 aromatic carbocycles. The van der Waals surface area contributed by atoms with Crippen molar-refractivity contribution >= 4 is 9.84 Å². The molecule has 14 heavy (non-hydrogen) atoms. The number of aliphatic hydroxyl groups is 1. The first-order valence-corrected chi connectivity index (χ1v) is 6.36. The summed E-state index contributed by atoms with van der Waals surface area (Å²) in [4.78, 5) is 3.86. The van der Waals surface area contributed by atoms with Crippen LogP contribution >= 0.6 is 0 Å². The molecule has 0 saturated carbocycles. The summed E-state index contributed by atoms with van der Waals surface area (Å²) in [5.41, 5.74) is 0.707. The standard InChI is InChI=1S/C8H14N2O3S/c1-14(12,13)4-2-3-10-7-9-5-8(10)6-11/h5,7,11H,2-4,6H2,1H3. The first-order valence-electron chi connectivity index (χ1n) is 4.30. The third kappa shape index (κ3) is 3.47. The lowest BCUT2D eigenvalue weighted by Crippen LogP contribution is -2.08. The van der Waals surface area contributed by atoms with Gasteiger partial charge in [0.25, 0.3) is 0 Å². The van der Waals surface area contributed by atoms with Crippen LogP contribution in [0.1, 0.15) is 12.1 Å². The van der Waals surface area contributed by atoms with E-state index in [1.165, 1.54) is 6.26 Å². The summed E-state index contributed by atoms with van der Waals surface area (Å²) in [6.07, 6.45) is 4.92. The molecule has 0 saturated heterocycles. The van der Waals surface area contributed by atoms with Gasteiger partial charge in [-0.2, -0.15) is 0 Å². The van der Waals surface area contributed by atoms with E-state index in [9.17, 15) is 8.42 Å². The minimum absolute atomic E-state index is 0.0706. The van der Waals surface area contributed by atoms with E-state index < -0.39 is 9.84 Å². The number of nitrogens with zero attached hydrogens (tertiary/aromatic N) is 2. The van der Waals surface area contributed by atoms with E-state index in [4.69, 9.17) is 5.11 Å². The highest BCUT2D eigenvalue weighted by atomic mass is 32.2. The van der Waals surface area contributed by atoms with Gasteiger partial charge in [-0.1, -0.05) is 0 Å². The summed E-state index contributed by atoms with van der Waals surface area (Å²) in [5, 5.41) is 8.89. The van der Waals surface area contributed by atoms with Crippen molar-refractivity contribution in [3.05, 3.63) is 18.2 Å². The fourth-order valence-electron chi connectivity index (χ4n) is 1.18. The SMILES string of the molecule is CS(=O)(=O)CCCn1cncc1CO. The van der Waals surface area contributed by atoms with Gasteiger partial charge in [0.15, 0.2) is 0 Å². The van der Waals surface area contributed by atoms with Crippen LogP contribution in [0.2, 0.25) is 0 Å². The van der Waals surface area contributed by atoms with E-state index in [-0.39, 0.29) is 12.4 Å². The molecule has 5 nitrogen and oxygen atoms in total. The molecule has 0 radical (unpaired) electrons. The average molecular weight is 218 g/mol. The molecular formula is C8H14N2O3S. The van der Waals surface area contributed by atoms with Crippen molar-refractivity contribution in [3.8, 4) is 0 Å². The molecule has 0 atom stereocenters. The van der Waals surface area contributed by atoms with E-state index in [1.54, 1.807) is 17.1 Å². The normalized spacial score (nSPS) is 11.9. The van der Waals surface area contributed by atoms with Crippen LogP contribution in [-0.2, 0) is 23.0 Å². The molecule has 6 heteroatoms. The minimum Gasteiger partial charge on any atom is -0.390 e. The van der Waals surface area contributed by atoms with Gasteiger partial charge in [-0.05, 0) is 6.42 Å². The summed E-state index contributed by atoms with van der Waals surface area (Å²) in [5.74, 6) is 0.163. The van der Waals surface area contributed by atoms with Crippen LogP contribution < -0.4 is 0 Å². The van der Waals surface area contributed by atoms with Crippen molar-refractivity contribution in [2.24, 2.45) is 0 Å². The van der Waals surface area contributed by atoms with Gasteiger partial charge < -0.3 is 9.67 Å². The monoisotopic (exact) mass is 218 g/mol. The Morgan fingerprint density at radius 2 is 2.29 bits per heavy atom. The number of hydrogen-bond acceptors (Lipinski definition) is 4. The maximum Gasteiger partial charge on any atom is 0.147 e. The topological polar surface area (TPSA) is 72.2 Å². The zero-order valence-electron chi connectivity index (χ0n) is 8.05. The fraction of sp³-hybridized carbons (Fsp3) is 0.625. The van der Waals surface area contributed by atoms with Gasteiger partial charge in [0.2, 0.25) is 0 Å². The minimum atomic E-state index is -2.89. The Labute approximate surface area is 83.3 Å². The van der Waals surface area contributed by atoms with E-state index in [0.717, 1.165) is 0 Å². The molecule has 1 aromatic heterocycles. The predicted octanol–water partition coefficient (Wildman–Crippen LogP) is -0.190. The molecule has 0 aliphatic carbocycles. The van der Waals surface area contributed by atoms with Crippen molar-refractivity contribution in [1.82, 2.24) is 9.55 Å². The smallest absolute Gasteiger partial charge is 0.147 e. The van der Waals surface area contributed by atoms with Gasteiger partial charge in [-0.3, -0.25) is 0 Å². The Hall–Kier alpha value is -0.880. The van der Waals surface area contributed by atoms with Gasteiger partial charge in [0.05, 0.1) is 30.6 Å². The molecule has 0 amide bonds. The zero-order chi connectivity index (χ0) is 10.6. The highest BCUT2D eigenvalue weighted by Gasteiger charge is 2.04. The Morgan fingerprint density at radius 1 is 1.57 bits per heavy atom. The molecule has 0 aliphatic rings. The van der Waals surface area contributed by atoms with Crippen molar-refractivity contribution < 1.29 is 13.5 Å². The highest BCUT2D eigenvalue weighted by Crippen LogP contribution is 2.01. The number of aryl methyl sites for hydroxylation is 1. The second-order valence-corrected chi connectivity index (χ2v) is 5.48. The van der Waals surface area contributed by atoms with Crippen LogP contribution in [-0.4, -0.2) is 35.1 Å². The van der Waals surface area contributed by atoms with Gasteiger partial charge in [0, 0.05) is 12.8 Å². The van der Waals surface area contributed by atoms with Crippen molar-refractivity contribution in [3.63, 3.8) is 0 Å². The summed E-state index contributed by atoms with van der Waals surface area (Å²) < 4.78 is 23.4. The number of aromatic nitrogens is 2. The van der Waals surface area contributed by atoms with E-state index in [2.05, 4.69) is 4.98 Å². The van der Waals surface area contributed by atoms with Crippen LogP contribution in [0, 0.1) is 0 Å². The summed E-state index contributed by atoms with van der Waals surface area (Å²) in [6.45, 7) is 0.502. The van der Waals surface area contributed by atoms with Gasteiger partial charge in [-0.25, -0.2) is 13.4 Å². The summed E-state index contributed by atoms with van der Waals surface area (Å²) >= 11 is 0. The van der Waals surface area contributed by atoms with Gasteiger partial charge in [0.1, 0.15) is 9.84 Å². The van der Waals surface area contributed by atoms with Crippen LogP contribution in [0.25, 0.3) is 0 Å². The average Bonchev–Trinajstić information content (AvgIpc) is 2.49. The van der Waals surface area contributed by atoms with Crippen LogP contribution in [0.5, 0.6) is 0 Å². The molecule has 0 bridgehead atoms. The van der Waals surface area contributed by atoms with E-state index in [0.29, 0.717) is 18.7 Å². The Morgan fingerprint density at radius 3 is 2.86 bits per heavy atom. The van der Waals surface area contributed by atoms with Crippen LogP contribution in [0.15, 0.2) is 12.5 Å². The third-order valence-corrected chi connectivity index (χ3v) is 2.90. The fourth-order valence-corrected chi connectivity index (χ4v) is 1.83. The lowest BCUT2D eigenvalue weighted by molar-refractivity contribution is 0.270. The maximum absolute atomic E-state index is 10.8. The molecule has 1 aromatic rings. The molecule has 0 aliphatic heterocycles. The molecule has 0 unspecified atom stereocenters. The highest BCUT2D eigenvalue weighted by molar-refractivity contribution is 7.90. The molecule has 1 N–H and O–H groups in total. The van der Waals surface area contributed by atoms with Gasteiger partial charge >= 0.3 is 0 Å². The number of aliphatic hydroxyl groups excluding tert-OH is 1. The van der Waals surface area contributed by atoms with Crippen molar-refractivity contribution in [2.45, 2.75) is 19.6 Å². The Kier molecular flexibility index (Phi) is 3.65. The van der Waals surface area contributed by atoms with Crippen molar-refractivity contribution in [2.75, 3.05) is 12.0 Å². The van der Waals surface area contributed by atoms with Crippen LogP contribution in [0.3, 0.4) is 0 Å². The van der Waals surface area contributed by atoms with Crippen LogP contribution in [0.4, 0.5) is 0 Å². The summed E-state index contributed by atoms with van der Waals surface area (Å²) in [7, 11) is -2.89. The lowest BCUT2D eigenvalue weighted by atomic mass is 10.4. The summed E-state index contributed by atoms with van der Waals surface area (Å²) in [6, 6.07) is 0. The Balaban J connectivity index is 2.46. The number of hydrogen-bond donors (Lipinski definition) is 1. The lowest BCUT2D eigenvalue weighted by Gasteiger charge is -2.04. The van der Waals surface area contributed by atoms with Crippen molar-refractivity contribution in [1.29, 1.82) is 0 Å². The molecule has 1 rings (SSSR count). The van der Waals surface area contributed by atoms with E-state index >= 15 is 0 Å². The Bertz CT molecular complexity index is 383. The number of imidazole rings is 1. The maximum atomic E-state index is 10.8. The molecular weight excluding hydrogens is 204 g/mol. The molecule has 0 spiro atoms. The van der Waals surface area contributed by atoms with Gasteiger partial charge in [-0.15, -0.1) is 0 Å². The van der Waals surface area contributed by atoms with E-state index in [1.807, 2.05) is 0 Å². The zero-order valence-corrected chi connectivity index (χ0v) is 8.87. The first-order chi connectivity index (χ1) is 6.53.